The Morgan fingerprint density at radius 3 is 2.63 bits per heavy atom. The number of likely N-dealkylation sites (tertiary alicyclic amines) is 1. The lowest BCUT2D eigenvalue weighted by Crippen LogP contribution is -2.35. The third kappa shape index (κ3) is 7.11. The van der Waals surface area contributed by atoms with Gasteiger partial charge < -0.3 is 25.8 Å². The zero-order chi connectivity index (χ0) is 32.2. The lowest BCUT2D eigenvalue weighted by Gasteiger charge is -2.18. The largest absolute Gasteiger partial charge is 0.481 e. The van der Waals surface area contributed by atoms with Gasteiger partial charge in [0.2, 0.25) is 11.8 Å². The molecule has 9 nitrogen and oxygen atoms in total. The highest BCUT2D eigenvalue weighted by Gasteiger charge is 2.23. The smallest absolute Gasteiger partial charge is 0.220 e. The molecule has 46 heavy (non-hydrogen) atoms. The van der Waals surface area contributed by atoms with Crippen LogP contribution >= 0.6 is 23.2 Å². The fourth-order valence-electron chi connectivity index (χ4n) is 5.92. The molecule has 1 amide bonds. The number of ether oxygens (including phenoxy) is 1. The van der Waals surface area contributed by atoms with Crippen molar-refractivity contribution >= 4 is 40.5 Å². The molecule has 0 spiro atoms. The highest BCUT2D eigenvalue weighted by atomic mass is 35.5. The van der Waals surface area contributed by atoms with Crippen LogP contribution < -0.4 is 20.7 Å². The first-order valence-corrected chi connectivity index (χ1v) is 16.0. The number of halogens is 3. The zero-order valence-electron chi connectivity index (χ0n) is 25.3. The van der Waals surface area contributed by atoms with Crippen molar-refractivity contribution in [3.8, 4) is 28.4 Å². The summed E-state index contributed by atoms with van der Waals surface area (Å²) in [6.45, 7) is 2.86. The summed E-state index contributed by atoms with van der Waals surface area (Å²) in [4.78, 5) is 22.8. The predicted octanol–water partition coefficient (Wildman–Crippen LogP) is 5.94. The number of pyridine rings is 2. The summed E-state index contributed by atoms with van der Waals surface area (Å²) >= 11 is 13.8. The molecular formula is C34H35Cl2FN6O3. The van der Waals surface area contributed by atoms with Crippen LogP contribution in [0.2, 0.25) is 10.0 Å². The van der Waals surface area contributed by atoms with Crippen LogP contribution in [0.4, 0.5) is 15.8 Å². The van der Waals surface area contributed by atoms with E-state index in [1.807, 2.05) is 29.2 Å². The monoisotopic (exact) mass is 664 g/mol. The third-order valence-corrected chi connectivity index (χ3v) is 9.12. The number of β-amino-alcohol motifs (C(OH)–C–C–N with tert-alkyl or cyclic N) is 1. The number of hydrogen-bond acceptors (Lipinski definition) is 8. The van der Waals surface area contributed by atoms with Crippen LogP contribution in [0.3, 0.4) is 0 Å². The zero-order valence-corrected chi connectivity index (χ0v) is 26.8. The Morgan fingerprint density at radius 2 is 1.87 bits per heavy atom. The summed E-state index contributed by atoms with van der Waals surface area (Å²) in [6, 6.07) is 16.3. The van der Waals surface area contributed by atoms with Crippen LogP contribution in [0.1, 0.15) is 30.4 Å². The molecule has 12 heteroatoms. The van der Waals surface area contributed by atoms with Gasteiger partial charge in [0.05, 0.1) is 46.0 Å². The maximum Gasteiger partial charge on any atom is 0.220 e. The molecule has 2 atom stereocenters. The number of aromatic nitrogens is 2. The van der Waals surface area contributed by atoms with E-state index in [0.29, 0.717) is 94.4 Å². The van der Waals surface area contributed by atoms with E-state index in [1.54, 1.807) is 43.6 Å². The lowest BCUT2D eigenvalue weighted by molar-refractivity contribution is -0.119. The number of hydrogen-bond donors (Lipinski definition) is 4. The minimum atomic E-state index is -0.372. The molecular weight excluding hydrogens is 630 g/mol. The van der Waals surface area contributed by atoms with Crippen LogP contribution in [0, 0.1) is 5.82 Å². The Balaban J connectivity index is 1.21. The summed E-state index contributed by atoms with van der Waals surface area (Å²) in [5.74, 6) is 0.180. The number of carbonyl (C=O) groups is 1. The molecule has 2 fully saturated rings. The SMILES string of the molecule is COc1nc(-c2ccnc(-c3cccc(Nc4cccc(CN5CCC(O)C5)c4F)c3Cl)c2Cl)ccc1CNCC1CCC(=O)N1. The van der Waals surface area contributed by atoms with Gasteiger partial charge in [-0.25, -0.2) is 9.37 Å². The van der Waals surface area contributed by atoms with Crippen LogP contribution in [0.15, 0.2) is 60.8 Å². The Morgan fingerprint density at radius 1 is 1.04 bits per heavy atom. The normalized spacial score (nSPS) is 18.2. The lowest BCUT2D eigenvalue weighted by atomic mass is 10.0. The van der Waals surface area contributed by atoms with Gasteiger partial charge in [-0.2, -0.15) is 0 Å². The molecule has 2 aromatic carbocycles. The topological polar surface area (TPSA) is 112 Å². The van der Waals surface area contributed by atoms with Crippen molar-refractivity contribution in [2.24, 2.45) is 0 Å². The molecule has 0 saturated carbocycles. The number of nitrogens with one attached hydrogen (secondary N) is 3. The van der Waals surface area contributed by atoms with E-state index < -0.39 is 0 Å². The number of nitrogens with zero attached hydrogens (tertiary/aromatic N) is 3. The number of carbonyl (C=O) groups excluding carboxylic acids is 1. The Labute approximate surface area is 277 Å². The van der Waals surface area contributed by atoms with Gasteiger partial charge in [-0.15, -0.1) is 0 Å². The van der Waals surface area contributed by atoms with E-state index in [9.17, 15) is 9.90 Å². The Kier molecular flexibility index (Phi) is 10.0. The summed E-state index contributed by atoms with van der Waals surface area (Å²) < 4.78 is 21.1. The maximum absolute atomic E-state index is 15.5. The quantitative estimate of drug-likeness (QED) is 0.156. The Hall–Kier alpha value is -3.80. The van der Waals surface area contributed by atoms with Gasteiger partial charge in [0, 0.05) is 73.6 Å². The van der Waals surface area contributed by atoms with Gasteiger partial charge in [0.1, 0.15) is 0 Å². The first-order chi connectivity index (χ1) is 22.3. The van der Waals surface area contributed by atoms with Crippen molar-refractivity contribution in [3.63, 3.8) is 0 Å². The molecule has 0 aliphatic carbocycles. The number of methoxy groups -OCH3 is 1. The molecule has 2 unspecified atom stereocenters. The average molecular weight is 666 g/mol. The van der Waals surface area contributed by atoms with E-state index >= 15 is 4.39 Å². The fraction of sp³-hybridized carbons (Fsp3) is 0.324. The van der Waals surface area contributed by atoms with Crippen LogP contribution in [0.5, 0.6) is 5.88 Å². The number of aliphatic hydroxyl groups excluding tert-OH is 1. The van der Waals surface area contributed by atoms with Crippen molar-refractivity contribution < 1.29 is 19.0 Å². The van der Waals surface area contributed by atoms with E-state index in [0.717, 1.165) is 18.5 Å². The molecule has 4 N–H and O–H groups in total. The number of amides is 1. The summed E-state index contributed by atoms with van der Waals surface area (Å²) in [5.41, 5.74) is 4.50. The maximum atomic E-state index is 15.5. The third-order valence-electron chi connectivity index (χ3n) is 8.33. The minimum absolute atomic E-state index is 0.0862. The molecule has 2 aliphatic rings. The van der Waals surface area contributed by atoms with Gasteiger partial charge in [0.25, 0.3) is 0 Å². The molecule has 6 rings (SSSR count). The minimum Gasteiger partial charge on any atom is -0.481 e. The van der Waals surface area contributed by atoms with Crippen molar-refractivity contribution in [1.82, 2.24) is 25.5 Å². The highest BCUT2D eigenvalue weighted by Crippen LogP contribution is 2.41. The van der Waals surface area contributed by atoms with E-state index in [1.165, 1.54) is 0 Å². The van der Waals surface area contributed by atoms with Crippen LogP contribution in [-0.2, 0) is 17.9 Å². The first kappa shape index (κ1) is 32.2. The van der Waals surface area contributed by atoms with Crippen LogP contribution in [0.25, 0.3) is 22.5 Å². The second-order valence-corrected chi connectivity index (χ2v) is 12.3. The molecule has 2 aliphatic heterocycles. The van der Waals surface area contributed by atoms with Crippen LogP contribution in [-0.4, -0.2) is 64.8 Å². The molecule has 0 radical (unpaired) electrons. The fourth-order valence-corrected chi connectivity index (χ4v) is 6.50. The van der Waals surface area contributed by atoms with E-state index in [4.69, 9.17) is 32.9 Å². The summed E-state index contributed by atoms with van der Waals surface area (Å²) in [6.07, 6.45) is 3.34. The standard InChI is InChI=1S/C34H35Cl2FN6O3/c1-46-34-20(16-38-17-22-9-11-29(45)40-22)8-10-26(42-34)24-12-14-39-33(31(24)36)25-5-3-6-27(30(25)35)41-28-7-2-4-21(32(28)37)18-43-15-13-23(44)19-43/h2-8,10,12,14,22-23,38,41,44H,9,11,13,15-19H2,1H3,(H,40,45). The van der Waals surface area contributed by atoms with Crippen molar-refractivity contribution in [3.05, 3.63) is 87.8 Å². The molecule has 4 aromatic rings. The molecule has 240 valence electrons. The van der Waals surface area contributed by atoms with E-state index in [-0.39, 0.29) is 23.9 Å². The van der Waals surface area contributed by atoms with Crippen molar-refractivity contribution in [1.29, 1.82) is 0 Å². The molecule has 2 aromatic heterocycles. The van der Waals surface area contributed by atoms with E-state index in [2.05, 4.69) is 20.9 Å². The summed E-state index contributed by atoms with van der Waals surface area (Å²) in [7, 11) is 1.57. The Bertz CT molecular complexity index is 1740. The second kappa shape index (κ2) is 14.3. The second-order valence-electron chi connectivity index (χ2n) is 11.6. The number of aliphatic hydroxyl groups is 1. The van der Waals surface area contributed by atoms with Crippen molar-refractivity contribution in [2.45, 2.75) is 44.5 Å². The van der Waals surface area contributed by atoms with Crippen molar-refractivity contribution in [2.75, 3.05) is 32.1 Å². The molecule has 0 bridgehead atoms. The first-order valence-electron chi connectivity index (χ1n) is 15.2. The predicted molar refractivity (Wildman–Crippen MR) is 178 cm³/mol. The number of rotatable bonds is 11. The van der Waals surface area contributed by atoms with Gasteiger partial charge >= 0.3 is 0 Å². The average Bonchev–Trinajstić information content (AvgIpc) is 3.67. The van der Waals surface area contributed by atoms with Gasteiger partial charge in [-0.3, -0.25) is 14.7 Å². The molecule has 2 saturated heterocycles. The van der Waals surface area contributed by atoms with Gasteiger partial charge in [-0.05, 0) is 37.1 Å². The summed E-state index contributed by atoms with van der Waals surface area (Å²) in [5, 5.41) is 20.0. The number of anilines is 2. The van der Waals surface area contributed by atoms with Gasteiger partial charge in [0.15, 0.2) is 5.82 Å². The highest BCUT2D eigenvalue weighted by molar-refractivity contribution is 6.39. The number of benzene rings is 2. The van der Waals surface area contributed by atoms with Gasteiger partial charge in [-0.1, -0.05) is 53.5 Å². The molecule has 4 heterocycles.